The lowest BCUT2D eigenvalue weighted by atomic mass is 10.1. The fraction of sp³-hybridized carbons (Fsp3) is 0.429. The Hall–Kier alpha value is -3.46. The number of carbonyl (C=O) groups is 2. The molecule has 8 nitrogen and oxygen atoms in total. The molecule has 0 bridgehead atoms. The summed E-state index contributed by atoms with van der Waals surface area (Å²) in [7, 11) is 1.65. The first-order chi connectivity index (χ1) is 18.0. The molecule has 37 heavy (non-hydrogen) atoms. The number of methoxy groups -OCH3 is 1. The topological polar surface area (TPSA) is 78.9 Å². The van der Waals surface area contributed by atoms with Crippen molar-refractivity contribution in [1.29, 1.82) is 0 Å². The van der Waals surface area contributed by atoms with Crippen molar-refractivity contribution in [3.8, 4) is 17.0 Å². The fourth-order valence-electron chi connectivity index (χ4n) is 4.35. The van der Waals surface area contributed by atoms with Gasteiger partial charge in [-0.05, 0) is 60.2 Å². The minimum absolute atomic E-state index is 0.00371. The number of anilines is 1. The van der Waals surface area contributed by atoms with Crippen LogP contribution in [0, 0.1) is 5.92 Å². The van der Waals surface area contributed by atoms with Crippen LogP contribution in [0.5, 0.6) is 5.75 Å². The number of amides is 2. The summed E-state index contributed by atoms with van der Waals surface area (Å²) in [5.74, 6) is 1.87. The molecule has 0 aliphatic carbocycles. The van der Waals surface area contributed by atoms with Crippen molar-refractivity contribution >= 4 is 29.0 Å². The molecular weight excluding hydrogens is 486 g/mol. The number of thiophene rings is 1. The number of carbonyl (C=O) groups excluding carboxylic acids is 2. The monoisotopic (exact) mass is 521 g/mol. The van der Waals surface area contributed by atoms with Gasteiger partial charge in [0.2, 0.25) is 5.91 Å². The van der Waals surface area contributed by atoms with Crippen molar-refractivity contribution in [3.63, 3.8) is 0 Å². The summed E-state index contributed by atoms with van der Waals surface area (Å²) < 4.78 is 5.22. The molecule has 1 aliphatic heterocycles. The molecule has 1 fully saturated rings. The maximum atomic E-state index is 13.3. The summed E-state index contributed by atoms with van der Waals surface area (Å²) >= 11 is 1.42. The van der Waals surface area contributed by atoms with Crippen molar-refractivity contribution < 1.29 is 14.3 Å². The van der Waals surface area contributed by atoms with Crippen LogP contribution in [0.2, 0.25) is 0 Å². The summed E-state index contributed by atoms with van der Waals surface area (Å²) in [4.78, 5) is 32.8. The molecule has 196 valence electrons. The van der Waals surface area contributed by atoms with E-state index in [4.69, 9.17) is 4.74 Å². The van der Waals surface area contributed by atoms with Crippen LogP contribution >= 0.6 is 11.3 Å². The highest BCUT2D eigenvalue weighted by atomic mass is 32.1. The van der Waals surface area contributed by atoms with Gasteiger partial charge in [0.05, 0.1) is 17.7 Å². The zero-order chi connectivity index (χ0) is 26.2. The third-order valence-corrected chi connectivity index (χ3v) is 7.64. The second-order valence-electron chi connectivity index (χ2n) is 9.40. The Kier molecular flexibility index (Phi) is 9.11. The summed E-state index contributed by atoms with van der Waals surface area (Å²) in [5.41, 5.74) is 1.78. The van der Waals surface area contributed by atoms with Gasteiger partial charge in [0.25, 0.3) is 5.91 Å². The average molecular weight is 522 g/mol. The molecule has 0 radical (unpaired) electrons. The highest BCUT2D eigenvalue weighted by Crippen LogP contribution is 2.22. The Balaban J connectivity index is 1.37. The molecule has 3 heterocycles. The summed E-state index contributed by atoms with van der Waals surface area (Å²) in [5, 5.41) is 10.8. The van der Waals surface area contributed by atoms with Crippen LogP contribution in [0.15, 0.2) is 53.9 Å². The minimum Gasteiger partial charge on any atom is -0.497 e. The highest BCUT2D eigenvalue weighted by Gasteiger charge is 2.26. The van der Waals surface area contributed by atoms with E-state index in [9.17, 15) is 9.59 Å². The SMILES string of the molecule is CC[C@@H](C)CN(CC(=O)N1CCCN(c2ccc(-c3ccc(OC)cc3)nn2)CC1)C(=O)c1cccs1. The van der Waals surface area contributed by atoms with Crippen molar-refractivity contribution in [2.24, 2.45) is 5.92 Å². The Bertz CT molecular complexity index is 1150. The van der Waals surface area contributed by atoms with Gasteiger partial charge in [0, 0.05) is 38.3 Å². The molecule has 1 aromatic carbocycles. The van der Waals surface area contributed by atoms with Crippen LogP contribution in [0.3, 0.4) is 0 Å². The van der Waals surface area contributed by atoms with E-state index >= 15 is 0 Å². The molecule has 4 rings (SSSR count). The Labute approximate surface area is 222 Å². The smallest absolute Gasteiger partial charge is 0.264 e. The molecule has 2 amide bonds. The van der Waals surface area contributed by atoms with E-state index in [2.05, 4.69) is 28.9 Å². The predicted molar refractivity (Wildman–Crippen MR) is 147 cm³/mol. The van der Waals surface area contributed by atoms with E-state index in [-0.39, 0.29) is 18.4 Å². The summed E-state index contributed by atoms with van der Waals surface area (Å²) in [6.07, 6.45) is 1.79. The van der Waals surface area contributed by atoms with Gasteiger partial charge in [-0.2, -0.15) is 0 Å². The lowest BCUT2D eigenvalue weighted by Gasteiger charge is -2.28. The molecule has 1 atom stereocenters. The molecule has 1 aliphatic rings. The standard InChI is InChI=1S/C28H35N5O3S/c1-4-21(2)19-33(28(35)25-7-5-18-37-25)20-27(34)32-15-6-14-31(16-17-32)26-13-12-24(29-30-26)22-8-10-23(36-3)11-9-22/h5,7-13,18,21H,4,6,14-17,19-20H2,1-3H3/t21-/m1/s1. The van der Waals surface area contributed by atoms with Crippen LogP contribution in [-0.4, -0.2) is 78.2 Å². The first-order valence-corrected chi connectivity index (χ1v) is 13.7. The summed E-state index contributed by atoms with van der Waals surface area (Å²) in [6, 6.07) is 15.4. The first kappa shape index (κ1) is 26.6. The number of ether oxygens (including phenoxy) is 1. The van der Waals surface area contributed by atoms with E-state index in [1.54, 1.807) is 12.0 Å². The number of benzene rings is 1. The zero-order valence-corrected chi connectivity index (χ0v) is 22.6. The van der Waals surface area contributed by atoms with Gasteiger partial charge < -0.3 is 19.4 Å². The second-order valence-corrected chi connectivity index (χ2v) is 10.4. The van der Waals surface area contributed by atoms with Crippen molar-refractivity contribution in [2.45, 2.75) is 26.7 Å². The van der Waals surface area contributed by atoms with Gasteiger partial charge in [-0.15, -0.1) is 21.5 Å². The lowest BCUT2D eigenvalue weighted by molar-refractivity contribution is -0.131. The number of hydrogen-bond acceptors (Lipinski definition) is 7. The molecule has 9 heteroatoms. The van der Waals surface area contributed by atoms with Gasteiger partial charge in [0.1, 0.15) is 12.3 Å². The maximum Gasteiger partial charge on any atom is 0.264 e. The van der Waals surface area contributed by atoms with Crippen LogP contribution in [-0.2, 0) is 4.79 Å². The van der Waals surface area contributed by atoms with Gasteiger partial charge in [-0.1, -0.05) is 26.3 Å². The van der Waals surface area contributed by atoms with Gasteiger partial charge >= 0.3 is 0 Å². The molecule has 0 unspecified atom stereocenters. The van der Waals surface area contributed by atoms with Crippen molar-refractivity contribution in [1.82, 2.24) is 20.0 Å². The highest BCUT2D eigenvalue weighted by molar-refractivity contribution is 7.12. The van der Waals surface area contributed by atoms with E-state index in [1.165, 1.54) is 11.3 Å². The molecule has 3 aromatic rings. The van der Waals surface area contributed by atoms with E-state index in [0.29, 0.717) is 37.0 Å². The van der Waals surface area contributed by atoms with Crippen LogP contribution in [0.25, 0.3) is 11.3 Å². The second kappa shape index (κ2) is 12.7. The largest absolute Gasteiger partial charge is 0.497 e. The number of aromatic nitrogens is 2. The van der Waals surface area contributed by atoms with Crippen LogP contribution in [0.4, 0.5) is 5.82 Å². The van der Waals surface area contributed by atoms with Crippen molar-refractivity contribution in [2.75, 3.05) is 51.3 Å². The van der Waals surface area contributed by atoms with Crippen molar-refractivity contribution in [3.05, 3.63) is 58.8 Å². The number of nitrogens with zero attached hydrogens (tertiary/aromatic N) is 5. The number of hydrogen-bond donors (Lipinski definition) is 0. The average Bonchev–Trinajstić information content (AvgIpc) is 3.36. The molecule has 1 saturated heterocycles. The minimum atomic E-state index is -0.0627. The van der Waals surface area contributed by atoms with E-state index < -0.39 is 0 Å². The first-order valence-electron chi connectivity index (χ1n) is 12.8. The Morgan fingerprint density at radius 3 is 2.51 bits per heavy atom. The third kappa shape index (κ3) is 6.85. The quantitative estimate of drug-likeness (QED) is 0.414. The summed E-state index contributed by atoms with van der Waals surface area (Å²) in [6.45, 7) is 7.63. The van der Waals surface area contributed by atoms with E-state index in [0.717, 1.165) is 42.2 Å². The molecule has 0 N–H and O–H groups in total. The number of rotatable bonds is 9. The predicted octanol–water partition coefficient (Wildman–Crippen LogP) is 4.44. The van der Waals surface area contributed by atoms with Gasteiger partial charge in [0.15, 0.2) is 5.82 Å². The lowest BCUT2D eigenvalue weighted by Crippen LogP contribution is -2.45. The fourth-order valence-corrected chi connectivity index (χ4v) is 5.04. The van der Waals surface area contributed by atoms with Gasteiger partial charge in [-0.25, -0.2) is 0 Å². The Morgan fingerprint density at radius 2 is 1.86 bits per heavy atom. The van der Waals surface area contributed by atoms with Crippen LogP contribution in [0.1, 0.15) is 36.4 Å². The van der Waals surface area contributed by atoms with E-state index in [1.807, 2.05) is 58.8 Å². The Morgan fingerprint density at radius 1 is 1.05 bits per heavy atom. The molecule has 2 aromatic heterocycles. The molecule has 0 spiro atoms. The zero-order valence-electron chi connectivity index (χ0n) is 21.8. The van der Waals surface area contributed by atoms with Crippen LogP contribution < -0.4 is 9.64 Å². The molecular formula is C28H35N5O3S. The maximum absolute atomic E-state index is 13.3. The normalized spacial score (nSPS) is 14.7. The third-order valence-electron chi connectivity index (χ3n) is 6.78. The van der Waals surface area contributed by atoms with Gasteiger partial charge in [-0.3, -0.25) is 9.59 Å². The molecule has 0 saturated carbocycles.